The van der Waals surface area contributed by atoms with Crippen LogP contribution in [0.15, 0.2) is 18.2 Å². The predicted molar refractivity (Wildman–Crippen MR) is 68.9 cm³/mol. The molecule has 18 heavy (non-hydrogen) atoms. The Morgan fingerprint density at radius 1 is 1.11 bits per heavy atom. The summed E-state index contributed by atoms with van der Waals surface area (Å²) in [5.74, 6) is 3.10. The fourth-order valence-corrected chi connectivity index (χ4v) is 1.78. The van der Waals surface area contributed by atoms with Crippen LogP contribution < -0.4 is 9.47 Å². The number of aryl methyl sites for hydroxylation is 2. The van der Waals surface area contributed by atoms with Crippen molar-refractivity contribution in [3.63, 3.8) is 0 Å². The summed E-state index contributed by atoms with van der Waals surface area (Å²) in [4.78, 5) is 4.49. The van der Waals surface area contributed by atoms with Crippen LogP contribution in [0, 0.1) is 0 Å². The van der Waals surface area contributed by atoms with Crippen molar-refractivity contribution in [2.45, 2.75) is 13.3 Å². The number of rotatable bonds is 4. The molecule has 0 atom stereocenters. The van der Waals surface area contributed by atoms with Crippen molar-refractivity contribution in [2.24, 2.45) is 7.05 Å². The lowest BCUT2D eigenvalue weighted by molar-refractivity contribution is 0.394. The molecular weight excluding hydrogens is 230 g/mol. The van der Waals surface area contributed by atoms with Gasteiger partial charge in [-0.25, -0.2) is 4.98 Å². The van der Waals surface area contributed by atoms with Crippen LogP contribution in [0.1, 0.15) is 12.7 Å². The Morgan fingerprint density at radius 3 is 2.17 bits per heavy atom. The highest BCUT2D eigenvalue weighted by Crippen LogP contribution is 2.28. The third-order valence-electron chi connectivity index (χ3n) is 2.78. The molecule has 0 saturated heterocycles. The largest absolute Gasteiger partial charge is 0.497 e. The summed E-state index contributed by atoms with van der Waals surface area (Å²) in [5, 5.41) is 4.40. The van der Waals surface area contributed by atoms with Gasteiger partial charge in [0.1, 0.15) is 17.3 Å². The summed E-state index contributed by atoms with van der Waals surface area (Å²) in [6, 6.07) is 5.63. The van der Waals surface area contributed by atoms with Crippen molar-refractivity contribution in [1.29, 1.82) is 0 Å². The number of hydrogen-bond donors (Lipinski definition) is 0. The Balaban J connectivity index is 2.48. The molecule has 0 bridgehead atoms. The van der Waals surface area contributed by atoms with Crippen molar-refractivity contribution < 1.29 is 9.47 Å². The van der Waals surface area contributed by atoms with Gasteiger partial charge in [0.05, 0.1) is 14.2 Å². The summed E-state index contributed by atoms with van der Waals surface area (Å²) in [7, 11) is 5.15. The monoisotopic (exact) mass is 247 g/mol. The number of hydrogen-bond acceptors (Lipinski definition) is 4. The van der Waals surface area contributed by atoms with Gasteiger partial charge in [0.15, 0.2) is 5.82 Å². The first-order valence-corrected chi connectivity index (χ1v) is 5.81. The van der Waals surface area contributed by atoms with E-state index in [2.05, 4.69) is 17.0 Å². The Labute approximate surface area is 106 Å². The van der Waals surface area contributed by atoms with Crippen LogP contribution in [-0.4, -0.2) is 29.0 Å². The molecule has 5 nitrogen and oxygen atoms in total. The average Bonchev–Trinajstić information content (AvgIpc) is 2.79. The lowest BCUT2D eigenvalue weighted by Crippen LogP contribution is -1.96. The lowest BCUT2D eigenvalue weighted by atomic mass is 10.2. The predicted octanol–water partition coefficient (Wildman–Crippen LogP) is 2.06. The molecule has 0 fully saturated rings. The maximum Gasteiger partial charge on any atom is 0.181 e. The Kier molecular flexibility index (Phi) is 3.50. The summed E-state index contributed by atoms with van der Waals surface area (Å²) in [6.45, 7) is 2.06. The SMILES string of the molecule is CCc1nc(-c2cc(OC)cc(OC)c2)nn1C. The van der Waals surface area contributed by atoms with Gasteiger partial charge in [-0.1, -0.05) is 6.92 Å². The van der Waals surface area contributed by atoms with Crippen LogP contribution in [-0.2, 0) is 13.5 Å². The second-order valence-corrected chi connectivity index (χ2v) is 3.93. The highest BCUT2D eigenvalue weighted by atomic mass is 16.5. The Morgan fingerprint density at radius 2 is 1.72 bits per heavy atom. The van der Waals surface area contributed by atoms with Gasteiger partial charge in [-0.2, -0.15) is 5.10 Å². The van der Waals surface area contributed by atoms with Crippen molar-refractivity contribution in [1.82, 2.24) is 14.8 Å². The number of ether oxygens (including phenoxy) is 2. The van der Waals surface area contributed by atoms with Gasteiger partial charge in [0, 0.05) is 25.1 Å². The summed E-state index contributed by atoms with van der Waals surface area (Å²) in [5.41, 5.74) is 0.890. The van der Waals surface area contributed by atoms with Crippen LogP contribution in [0.2, 0.25) is 0 Å². The lowest BCUT2D eigenvalue weighted by Gasteiger charge is -2.06. The molecular formula is C13H17N3O2. The van der Waals surface area contributed by atoms with E-state index in [0.29, 0.717) is 5.82 Å². The van der Waals surface area contributed by atoms with Crippen molar-refractivity contribution in [2.75, 3.05) is 14.2 Å². The molecule has 0 spiro atoms. The number of benzene rings is 1. The number of aromatic nitrogens is 3. The van der Waals surface area contributed by atoms with E-state index in [0.717, 1.165) is 29.3 Å². The van der Waals surface area contributed by atoms with E-state index >= 15 is 0 Å². The molecule has 0 unspecified atom stereocenters. The molecule has 0 radical (unpaired) electrons. The van der Waals surface area contributed by atoms with Gasteiger partial charge < -0.3 is 9.47 Å². The molecule has 2 rings (SSSR count). The fourth-order valence-electron chi connectivity index (χ4n) is 1.78. The fraction of sp³-hybridized carbons (Fsp3) is 0.385. The van der Waals surface area contributed by atoms with E-state index in [1.807, 2.05) is 25.2 Å². The zero-order chi connectivity index (χ0) is 13.1. The van der Waals surface area contributed by atoms with E-state index in [1.165, 1.54) is 0 Å². The zero-order valence-corrected chi connectivity index (χ0v) is 11.1. The van der Waals surface area contributed by atoms with Gasteiger partial charge in [-0.05, 0) is 12.1 Å². The first-order chi connectivity index (χ1) is 8.67. The van der Waals surface area contributed by atoms with E-state index < -0.39 is 0 Å². The molecule has 5 heteroatoms. The van der Waals surface area contributed by atoms with Crippen molar-refractivity contribution in [3.05, 3.63) is 24.0 Å². The highest BCUT2D eigenvalue weighted by molar-refractivity contribution is 5.60. The van der Waals surface area contributed by atoms with Crippen molar-refractivity contribution >= 4 is 0 Å². The van der Waals surface area contributed by atoms with Crippen LogP contribution in [0.3, 0.4) is 0 Å². The summed E-state index contributed by atoms with van der Waals surface area (Å²) in [6.07, 6.45) is 0.852. The quantitative estimate of drug-likeness (QED) is 0.829. The molecule has 1 aromatic heterocycles. The average molecular weight is 247 g/mol. The molecule has 0 aliphatic carbocycles. The van der Waals surface area contributed by atoms with E-state index in [1.54, 1.807) is 18.9 Å². The Hall–Kier alpha value is -2.04. The first kappa shape index (κ1) is 12.4. The third kappa shape index (κ3) is 2.30. The van der Waals surface area contributed by atoms with E-state index in [-0.39, 0.29) is 0 Å². The summed E-state index contributed by atoms with van der Waals surface area (Å²) >= 11 is 0. The van der Waals surface area contributed by atoms with Crippen LogP contribution in [0.4, 0.5) is 0 Å². The second-order valence-electron chi connectivity index (χ2n) is 3.93. The van der Waals surface area contributed by atoms with Gasteiger partial charge in [-0.3, -0.25) is 4.68 Å². The zero-order valence-electron chi connectivity index (χ0n) is 11.1. The molecule has 2 aromatic rings. The van der Waals surface area contributed by atoms with Gasteiger partial charge >= 0.3 is 0 Å². The minimum Gasteiger partial charge on any atom is -0.497 e. The van der Waals surface area contributed by atoms with E-state index in [9.17, 15) is 0 Å². The molecule has 0 aliphatic heterocycles. The topological polar surface area (TPSA) is 49.2 Å². The summed E-state index contributed by atoms with van der Waals surface area (Å²) < 4.78 is 12.3. The maximum atomic E-state index is 5.24. The standard InChI is InChI=1S/C13H17N3O2/c1-5-12-14-13(15-16(12)2)9-6-10(17-3)8-11(7-9)18-4/h6-8H,5H2,1-4H3. The Bertz CT molecular complexity index is 527. The van der Waals surface area contributed by atoms with Crippen LogP contribution in [0.5, 0.6) is 11.5 Å². The molecule has 0 saturated carbocycles. The normalized spacial score (nSPS) is 10.4. The van der Waals surface area contributed by atoms with Gasteiger partial charge in [0.2, 0.25) is 0 Å². The second kappa shape index (κ2) is 5.08. The molecule has 0 N–H and O–H groups in total. The molecule has 1 heterocycles. The van der Waals surface area contributed by atoms with E-state index in [4.69, 9.17) is 9.47 Å². The molecule has 0 amide bonds. The number of methoxy groups -OCH3 is 2. The van der Waals surface area contributed by atoms with Gasteiger partial charge in [-0.15, -0.1) is 0 Å². The third-order valence-corrected chi connectivity index (χ3v) is 2.78. The maximum absolute atomic E-state index is 5.24. The molecule has 96 valence electrons. The smallest absolute Gasteiger partial charge is 0.181 e. The number of nitrogens with zero attached hydrogens (tertiary/aromatic N) is 3. The molecule has 0 aliphatic rings. The minimum absolute atomic E-state index is 0.687. The first-order valence-electron chi connectivity index (χ1n) is 5.81. The highest BCUT2D eigenvalue weighted by Gasteiger charge is 2.10. The van der Waals surface area contributed by atoms with Crippen LogP contribution >= 0.6 is 0 Å². The van der Waals surface area contributed by atoms with Crippen molar-refractivity contribution in [3.8, 4) is 22.9 Å². The minimum atomic E-state index is 0.687. The molecule has 1 aromatic carbocycles. The van der Waals surface area contributed by atoms with Gasteiger partial charge in [0.25, 0.3) is 0 Å². The van der Waals surface area contributed by atoms with Crippen LogP contribution in [0.25, 0.3) is 11.4 Å².